The molecule has 2 N–H and O–H groups in total. The fourth-order valence-corrected chi connectivity index (χ4v) is 3.68. The SMILES string of the molecule is CCNC(=NCc1ccc(OC(C)C)nc1)NCC1CC(=O)N(CCc2ccccc2)C1. The van der Waals surface area contributed by atoms with Crippen LogP contribution >= 0.6 is 0 Å². The molecule has 7 heteroatoms. The fraction of sp³-hybridized carbons (Fsp3) is 0.480. The molecule has 0 bridgehead atoms. The summed E-state index contributed by atoms with van der Waals surface area (Å²) in [5.74, 6) is 1.91. The summed E-state index contributed by atoms with van der Waals surface area (Å²) in [6.07, 6.45) is 3.38. The summed E-state index contributed by atoms with van der Waals surface area (Å²) in [5.41, 5.74) is 2.28. The molecule has 1 aliphatic rings. The molecule has 7 nitrogen and oxygen atoms in total. The Morgan fingerprint density at radius 1 is 1.19 bits per heavy atom. The van der Waals surface area contributed by atoms with Crippen molar-refractivity contribution in [3.8, 4) is 5.88 Å². The molecule has 3 rings (SSSR count). The Morgan fingerprint density at radius 2 is 2.00 bits per heavy atom. The molecule has 1 unspecified atom stereocenters. The molecule has 2 heterocycles. The second-order valence-electron chi connectivity index (χ2n) is 8.39. The number of hydrogen-bond donors (Lipinski definition) is 2. The number of guanidine groups is 1. The molecule has 2 aromatic rings. The predicted molar refractivity (Wildman–Crippen MR) is 128 cm³/mol. The van der Waals surface area contributed by atoms with E-state index < -0.39 is 0 Å². The second kappa shape index (κ2) is 12.1. The molecule has 0 radical (unpaired) electrons. The number of likely N-dealkylation sites (tertiary alicyclic amines) is 1. The minimum atomic E-state index is 0.104. The van der Waals surface area contributed by atoms with Gasteiger partial charge in [-0.2, -0.15) is 0 Å². The third-order valence-electron chi connectivity index (χ3n) is 5.28. The normalized spacial score (nSPS) is 16.5. The monoisotopic (exact) mass is 437 g/mol. The van der Waals surface area contributed by atoms with Crippen molar-refractivity contribution in [2.24, 2.45) is 10.9 Å². The lowest BCUT2D eigenvalue weighted by atomic mass is 10.1. The van der Waals surface area contributed by atoms with E-state index in [1.165, 1.54) is 5.56 Å². The maximum Gasteiger partial charge on any atom is 0.223 e. The molecule has 1 amide bonds. The highest BCUT2D eigenvalue weighted by Crippen LogP contribution is 2.17. The van der Waals surface area contributed by atoms with Crippen molar-refractivity contribution in [3.63, 3.8) is 0 Å². The topological polar surface area (TPSA) is 78.9 Å². The van der Waals surface area contributed by atoms with Gasteiger partial charge in [0.05, 0.1) is 12.6 Å². The van der Waals surface area contributed by atoms with E-state index in [1.807, 2.05) is 56.0 Å². The van der Waals surface area contributed by atoms with Gasteiger partial charge in [-0.25, -0.2) is 9.98 Å². The quantitative estimate of drug-likeness (QED) is 0.441. The molecule has 0 spiro atoms. The lowest BCUT2D eigenvalue weighted by molar-refractivity contribution is -0.127. The molecule has 172 valence electrons. The van der Waals surface area contributed by atoms with E-state index in [0.717, 1.165) is 44.1 Å². The summed E-state index contributed by atoms with van der Waals surface area (Å²) < 4.78 is 5.59. The third-order valence-corrected chi connectivity index (χ3v) is 5.28. The molecule has 1 aliphatic heterocycles. The van der Waals surface area contributed by atoms with Gasteiger partial charge in [-0.15, -0.1) is 0 Å². The Morgan fingerprint density at radius 3 is 2.69 bits per heavy atom. The number of rotatable bonds is 10. The molecule has 1 saturated heterocycles. The number of amides is 1. The van der Waals surface area contributed by atoms with Crippen molar-refractivity contribution in [1.82, 2.24) is 20.5 Å². The second-order valence-corrected chi connectivity index (χ2v) is 8.39. The standard InChI is InChI=1S/C25H35N5O2/c1-4-26-25(28-16-21-10-11-23(27-15-21)32-19(2)3)29-17-22-14-24(31)30(18-22)13-12-20-8-6-5-7-9-20/h5-11,15,19,22H,4,12-14,16-18H2,1-3H3,(H2,26,28,29). The van der Waals surface area contributed by atoms with Crippen LogP contribution in [-0.4, -0.2) is 54.0 Å². The van der Waals surface area contributed by atoms with Gasteiger partial charge >= 0.3 is 0 Å². The van der Waals surface area contributed by atoms with Gasteiger partial charge in [0.15, 0.2) is 5.96 Å². The number of benzene rings is 1. The van der Waals surface area contributed by atoms with E-state index in [9.17, 15) is 4.79 Å². The molecular weight excluding hydrogens is 402 g/mol. The van der Waals surface area contributed by atoms with Gasteiger partial charge in [0.2, 0.25) is 11.8 Å². The number of carbonyl (C=O) groups excluding carboxylic acids is 1. The Kier molecular flexibility index (Phi) is 8.90. The van der Waals surface area contributed by atoms with Gasteiger partial charge in [0.25, 0.3) is 0 Å². The minimum Gasteiger partial charge on any atom is -0.475 e. The lowest BCUT2D eigenvalue weighted by Gasteiger charge is -2.18. The average Bonchev–Trinajstić information content (AvgIpc) is 3.15. The molecule has 1 atom stereocenters. The predicted octanol–water partition coefficient (Wildman–Crippen LogP) is 3.02. The molecule has 32 heavy (non-hydrogen) atoms. The Hall–Kier alpha value is -3.09. The average molecular weight is 438 g/mol. The van der Waals surface area contributed by atoms with Gasteiger partial charge in [-0.1, -0.05) is 36.4 Å². The van der Waals surface area contributed by atoms with Gasteiger partial charge in [-0.05, 0) is 38.3 Å². The van der Waals surface area contributed by atoms with Crippen molar-refractivity contribution in [3.05, 3.63) is 59.8 Å². The number of pyridine rings is 1. The molecule has 1 aromatic heterocycles. The molecular formula is C25H35N5O2. The first kappa shape index (κ1) is 23.6. The van der Waals surface area contributed by atoms with E-state index in [0.29, 0.717) is 18.8 Å². The third kappa shape index (κ3) is 7.55. The molecule has 1 fully saturated rings. The zero-order valence-corrected chi connectivity index (χ0v) is 19.4. The summed E-state index contributed by atoms with van der Waals surface area (Å²) in [6.45, 7) is 9.59. The van der Waals surface area contributed by atoms with Crippen LogP contribution in [0, 0.1) is 5.92 Å². The Balaban J connectivity index is 1.47. The van der Waals surface area contributed by atoms with Crippen molar-refractivity contribution < 1.29 is 9.53 Å². The highest BCUT2D eigenvalue weighted by Gasteiger charge is 2.29. The van der Waals surface area contributed by atoms with E-state index >= 15 is 0 Å². The van der Waals surface area contributed by atoms with Crippen LogP contribution in [0.4, 0.5) is 0 Å². The van der Waals surface area contributed by atoms with Gasteiger partial charge in [-0.3, -0.25) is 4.79 Å². The first-order valence-electron chi connectivity index (χ1n) is 11.5. The van der Waals surface area contributed by atoms with Crippen molar-refractivity contribution >= 4 is 11.9 Å². The largest absolute Gasteiger partial charge is 0.475 e. The zero-order chi connectivity index (χ0) is 22.8. The number of carbonyl (C=O) groups is 1. The van der Waals surface area contributed by atoms with Crippen LogP contribution < -0.4 is 15.4 Å². The first-order valence-corrected chi connectivity index (χ1v) is 11.5. The van der Waals surface area contributed by atoms with E-state index in [4.69, 9.17) is 4.74 Å². The van der Waals surface area contributed by atoms with Gasteiger partial charge in [0.1, 0.15) is 0 Å². The molecule has 0 aliphatic carbocycles. The highest BCUT2D eigenvalue weighted by molar-refractivity contribution is 5.81. The van der Waals surface area contributed by atoms with Crippen LogP contribution in [0.3, 0.4) is 0 Å². The van der Waals surface area contributed by atoms with Crippen LogP contribution in [0.5, 0.6) is 5.88 Å². The number of aliphatic imine (C=N–C) groups is 1. The van der Waals surface area contributed by atoms with E-state index in [2.05, 4.69) is 32.7 Å². The van der Waals surface area contributed by atoms with Crippen LogP contribution in [0.2, 0.25) is 0 Å². The van der Waals surface area contributed by atoms with Crippen LogP contribution in [0.1, 0.15) is 38.3 Å². The Bertz CT molecular complexity index is 868. The van der Waals surface area contributed by atoms with Crippen molar-refractivity contribution in [2.45, 2.75) is 46.3 Å². The van der Waals surface area contributed by atoms with Crippen LogP contribution in [0.25, 0.3) is 0 Å². The number of nitrogens with one attached hydrogen (secondary N) is 2. The lowest BCUT2D eigenvalue weighted by Crippen LogP contribution is -2.40. The summed E-state index contributed by atoms with van der Waals surface area (Å²) >= 11 is 0. The van der Waals surface area contributed by atoms with Gasteiger partial charge < -0.3 is 20.3 Å². The van der Waals surface area contributed by atoms with Crippen molar-refractivity contribution in [2.75, 3.05) is 26.2 Å². The number of aromatic nitrogens is 1. The Labute approximate surface area is 191 Å². The van der Waals surface area contributed by atoms with E-state index in [1.54, 1.807) is 6.20 Å². The maximum atomic E-state index is 12.4. The summed E-state index contributed by atoms with van der Waals surface area (Å²) in [6, 6.07) is 14.2. The first-order chi connectivity index (χ1) is 15.5. The number of ether oxygens (including phenoxy) is 1. The summed E-state index contributed by atoms with van der Waals surface area (Å²) in [5, 5.41) is 6.68. The molecule has 0 saturated carbocycles. The number of nitrogens with zero attached hydrogens (tertiary/aromatic N) is 3. The molecule has 1 aromatic carbocycles. The summed E-state index contributed by atoms with van der Waals surface area (Å²) in [4.78, 5) is 23.4. The van der Waals surface area contributed by atoms with Crippen molar-refractivity contribution in [1.29, 1.82) is 0 Å². The van der Waals surface area contributed by atoms with Crippen LogP contribution in [0.15, 0.2) is 53.7 Å². The highest BCUT2D eigenvalue weighted by atomic mass is 16.5. The smallest absolute Gasteiger partial charge is 0.223 e. The zero-order valence-electron chi connectivity index (χ0n) is 19.4. The maximum absolute atomic E-state index is 12.4. The van der Waals surface area contributed by atoms with E-state index in [-0.39, 0.29) is 17.9 Å². The fourth-order valence-electron chi connectivity index (χ4n) is 3.68. The minimum absolute atomic E-state index is 0.104. The van der Waals surface area contributed by atoms with Gasteiger partial charge in [0, 0.05) is 50.8 Å². The van der Waals surface area contributed by atoms with Crippen LogP contribution in [-0.2, 0) is 17.8 Å². The number of hydrogen-bond acceptors (Lipinski definition) is 4. The summed E-state index contributed by atoms with van der Waals surface area (Å²) in [7, 11) is 0.